The van der Waals surface area contributed by atoms with Crippen LogP contribution in [-0.4, -0.2) is 19.5 Å². The molecule has 0 fully saturated rings. The molecular weight excluding hydrogens is 288 g/mol. The first-order chi connectivity index (χ1) is 9.04. The summed E-state index contributed by atoms with van der Waals surface area (Å²) >= 11 is 7.24. The highest BCUT2D eigenvalue weighted by molar-refractivity contribution is 7.16. The van der Waals surface area contributed by atoms with Crippen LogP contribution in [-0.2, 0) is 0 Å². The summed E-state index contributed by atoms with van der Waals surface area (Å²) in [5.41, 5.74) is 1.16. The molecule has 0 aliphatic heterocycles. The van der Waals surface area contributed by atoms with Gasteiger partial charge in [0.25, 0.3) is 5.69 Å². The second-order valence-corrected chi connectivity index (χ2v) is 5.46. The summed E-state index contributed by atoms with van der Waals surface area (Å²) in [6.07, 6.45) is 1.74. The molecule has 8 heteroatoms. The van der Waals surface area contributed by atoms with Crippen LogP contribution in [0.25, 0.3) is 16.2 Å². The van der Waals surface area contributed by atoms with Gasteiger partial charge in [-0.05, 0) is 13.0 Å². The highest BCUT2D eigenvalue weighted by Crippen LogP contribution is 2.30. The number of aryl methyl sites for hydroxylation is 1. The highest BCUT2D eigenvalue weighted by atomic mass is 35.5. The van der Waals surface area contributed by atoms with Gasteiger partial charge >= 0.3 is 0 Å². The van der Waals surface area contributed by atoms with E-state index in [9.17, 15) is 10.1 Å². The molecule has 19 heavy (non-hydrogen) atoms. The number of nitro groups is 1. The van der Waals surface area contributed by atoms with E-state index in [0.29, 0.717) is 11.3 Å². The van der Waals surface area contributed by atoms with Crippen LogP contribution in [0.15, 0.2) is 24.4 Å². The first-order valence-electron chi connectivity index (χ1n) is 5.32. The molecule has 1 aromatic carbocycles. The summed E-state index contributed by atoms with van der Waals surface area (Å²) in [5.74, 6) is 0. The SMILES string of the molecule is Cc1nn2cc(-c3ccc(Cl)c([N+](=O)[O-])c3)nc2s1. The third-order valence-corrected chi connectivity index (χ3v) is 3.74. The molecule has 0 amide bonds. The van der Waals surface area contributed by atoms with Gasteiger partial charge in [0.2, 0.25) is 4.96 Å². The van der Waals surface area contributed by atoms with Gasteiger partial charge in [0.15, 0.2) is 0 Å². The maximum Gasteiger partial charge on any atom is 0.288 e. The largest absolute Gasteiger partial charge is 0.288 e. The number of hydrogen-bond donors (Lipinski definition) is 0. The van der Waals surface area contributed by atoms with E-state index < -0.39 is 4.92 Å². The summed E-state index contributed by atoms with van der Waals surface area (Å²) < 4.78 is 1.66. The van der Waals surface area contributed by atoms with E-state index in [-0.39, 0.29) is 10.7 Å². The maximum atomic E-state index is 10.9. The summed E-state index contributed by atoms with van der Waals surface area (Å²) in [6, 6.07) is 4.62. The van der Waals surface area contributed by atoms with Crippen molar-refractivity contribution in [2.24, 2.45) is 0 Å². The first-order valence-corrected chi connectivity index (χ1v) is 6.51. The molecule has 0 radical (unpaired) electrons. The molecule has 0 aliphatic carbocycles. The second kappa shape index (κ2) is 4.29. The molecule has 0 N–H and O–H groups in total. The lowest BCUT2D eigenvalue weighted by molar-refractivity contribution is -0.384. The van der Waals surface area contributed by atoms with Crippen LogP contribution >= 0.6 is 22.9 Å². The van der Waals surface area contributed by atoms with Crippen LogP contribution in [0.5, 0.6) is 0 Å². The minimum absolute atomic E-state index is 0.115. The Labute approximate surface area is 116 Å². The molecule has 3 aromatic rings. The van der Waals surface area contributed by atoms with Gasteiger partial charge in [-0.3, -0.25) is 10.1 Å². The molecule has 0 atom stereocenters. The van der Waals surface area contributed by atoms with Crippen LogP contribution in [0.2, 0.25) is 5.02 Å². The van der Waals surface area contributed by atoms with Crippen molar-refractivity contribution >= 4 is 33.6 Å². The topological polar surface area (TPSA) is 73.3 Å². The van der Waals surface area contributed by atoms with Crippen LogP contribution in [0, 0.1) is 17.0 Å². The number of rotatable bonds is 2. The van der Waals surface area contributed by atoms with Crippen molar-refractivity contribution in [3.05, 3.63) is 44.5 Å². The van der Waals surface area contributed by atoms with E-state index in [1.165, 1.54) is 23.5 Å². The Morgan fingerprint density at radius 1 is 1.47 bits per heavy atom. The number of aromatic nitrogens is 3. The predicted molar refractivity (Wildman–Crippen MR) is 72.7 cm³/mol. The van der Waals surface area contributed by atoms with E-state index in [1.807, 2.05) is 6.92 Å². The average molecular weight is 295 g/mol. The summed E-state index contributed by atoms with van der Waals surface area (Å²) in [5, 5.41) is 16.1. The molecule has 0 bridgehead atoms. The second-order valence-electron chi connectivity index (χ2n) is 3.90. The van der Waals surface area contributed by atoms with Crippen LogP contribution < -0.4 is 0 Å². The van der Waals surface area contributed by atoms with Crippen molar-refractivity contribution in [1.29, 1.82) is 0 Å². The first kappa shape index (κ1) is 12.1. The summed E-state index contributed by atoms with van der Waals surface area (Å²) in [4.78, 5) is 15.5. The van der Waals surface area contributed by atoms with Crippen molar-refractivity contribution in [3.63, 3.8) is 0 Å². The number of nitro benzene ring substituents is 1. The standard InChI is InChI=1S/C11H7ClN4O2S/c1-6-14-15-5-9(13-11(15)19-6)7-2-3-8(12)10(4-7)16(17)18/h2-5H,1H3. The number of halogens is 1. The van der Waals surface area contributed by atoms with Crippen LogP contribution in [0.1, 0.15) is 5.01 Å². The van der Waals surface area contributed by atoms with E-state index in [4.69, 9.17) is 11.6 Å². The lowest BCUT2D eigenvalue weighted by Crippen LogP contribution is -1.90. The van der Waals surface area contributed by atoms with Gasteiger partial charge in [-0.1, -0.05) is 29.0 Å². The Balaban J connectivity index is 2.12. The smallest absolute Gasteiger partial charge is 0.258 e. The molecule has 2 heterocycles. The van der Waals surface area contributed by atoms with E-state index in [2.05, 4.69) is 10.1 Å². The van der Waals surface area contributed by atoms with Gasteiger partial charge in [-0.25, -0.2) is 9.50 Å². The van der Waals surface area contributed by atoms with Crippen molar-refractivity contribution in [2.75, 3.05) is 0 Å². The zero-order chi connectivity index (χ0) is 13.6. The number of hydrogen-bond acceptors (Lipinski definition) is 5. The molecule has 0 aliphatic rings. The normalized spacial score (nSPS) is 11.1. The summed E-state index contributed by atoms with van der Waals surface area (Å²) in [6.45, 7) is 1.89. The quantitative estimate of drug-likeness (QED) is 0.537. The monoisotopic (exact) mass is 294 g/mol. The van der Waals surface area contributed by atoms with Gasteiger partial charge in [-0.15, -0.1) is 0 Å². The van der Waals surface area contributed by atoms with E-state index in [1.54, 1.807) is 16.8 Å². The van der Waals surface area contributed by atoms with E-state index >= 15 is 0 Å². The average Bonchev–Trinajstić information content (AvgIpc) is 2.86. The van der Waals surface area contributed by atoms with Crippen LogP contribution in [0.4, 0.5) is 5.69 Å². The van der Waals surface area contributed by atoms with E-state index in [0.717, 1.165) is 9.97 Å². The Morgan fingerprint density at radius 2 is 2.26 bits per heavy atom. The molecular formula is C11H7ClN4O2S. The van der Waals surface area contributed by atoms with Crippen molar-refractivity contribution in [2.45, 2.75) is 6.92 Å². The Kier molecular flexibility index (Phi) is 2.72. The fraction of sp³-hybridized carbons (Fsp3) is 0.0909. The van der Waals surface area contributed by atoms with Gasteiger partial charge < -0.3 is 0 Å². The minimum atomic E-state index is -0.507. The minimum Gasteiger partial charge on any atom is -0.258 e. The fourth-order valence-electron chi connectivity index (χ4n) is 1.75. The molecule has 96 valence electrons. The lowest BCUT2D eigenvalue weighted by atomic mass is 10.1. The number of fused-ring (bicyclic) bond motifs is 1. The predicted octanol–water partition coefficient (Wildman–Crippen LogP) is 3.33. The molecule has 6 nitrogen and oxygen atoms in total. The van der Waals surface area contributed by atoms with Gasteiger partial charge in [0, 0.05) is 11.6 Å². The number of nitrogens with zero attached hydrogens (tertiary/aromatic N) is 4. The van der Waals surface area contributed by atoms with Crippen molar-refractivity contribution in [3.8, 4) is 11.3 Å². The number of benzene rings is 1. The van der Waals surface area contributed by atoms with Gasteiger partial charge in [-0.2, -0.15) is 5.10 Å². The zero-order valence-electron chi connectivity index (χ0n) is 9.70. The molecule has 0 saturated carbocycles. The Hall–Kier alpha value is -1.99. The summed E-state index contributed by atoms with van der Waals surface area (Å²) in [7, 11) is 0. The van der Waals surface area contributed by atoms with Crippen molar-refractivity contribution in [1.82, 2.24) is 14.6 Å². The molecule has 0 unspecified atom stereocenters. The Bertz CT molecular complexity index is 764. The lowest BCUT2D eigenvalue weighted by Gasteiger charge is -1.98. The third kappa shape index (κ3) is 2.06. The maximum absolute atomic E-state index is 10.9. The third-order valence-electron chi connectivity index (χ3n) is 2.58. The fourth-order valence-corrected chi connectivity index (χ4v) is 2.66. The Morgan fingerprint density at radius 3 is 2.95 bits per heavy atom. The molecule has 0 saturated heterocycles. The number of imidazole rings is 1. The zero-order valence-corrected chi connectivity index (χ0v) is 11.3. The van der Waals surface area contributed by atoms with Crippen LogP contribution in [0.3, 0.4) is 0 Å². The highest BCUT2D eigenvalue weighted by Gasteiger charge is 2.15. The van der Waals surface area contributed by atoms with Gasteiger partial charge in [0.05, 0.1) is 16.8 Å². The molecule has 2 aromatic heterocycles. The molecule has 3 rings (SSSR count). The van der Waals surface area contributed by atoms with Gasteiger partial charge in [0.1, 0.15) is 10.0 Å². The molecule has 0 spiro atoms. The van der Waals surface area contributed by atoms with Crippen molar-refractivity contribution < 1.29 is 4.92 Å².